The monoisotopic (exact) mass is 453 g/mol. The maximum atomic E-state index is 13.5. The summed E-state index contributed by atoms with van der Waals surface area (Å²) in [5, 5.41) is 24.6. The van der Waals surface area contributed by atoms with Crippen molar-refractivity contribution >= 4 is 25.0 Å². The van der Waals surface area contributed by atoms with E-state index >= 15 is 0 Å². The van der Waals surface area contributed by atoms with E-state index < -0.39 is 23.8 Å². The van der Waals surface area contributed by atoms with E-state index in [-0.39, 0.29) is 42.0 Å². The minimum absolute atomic E-state index is 0.00378. The van der Waals surface area contributed by atoms with Crippen LogP contribution in [0.15, 0.2) is 0 Å². The Balaban J connectivity index is 2.33. The Labute approximate surface area is 191 Å². The van der Waals surface area contributed by atoms with E-state index in [1.54, 1.807) is 4.90 Å². The van der Waals surface area contributed by atoms with Gasteiger partial charge in [0.05, 0.1) is 0 Å². The third-order valence-corrected chi connectivity index (χ3v) is 6.15. The van der Waals surface area contributed by atoms with E-state index in [2.05, 4.69) is 10.6 Å². The van der Waals surface area contributed by atoms with Crippen LogP contribution in [0.2, 0.25) is 6.32 Å². The Morgan fingerprint density at radius 3 is 2.25 bits per heavy atom. The molecule has 9 nitrogen and oxygen atoms in total. The number of hydrogen-bond acceptors (Lipinski definition) is 6. The summed E-state index contributed by atoms with van der Waals surface area (Å²) in [6.45, 7) is 13.5. The van der Waals surface area contributed by atoms with Gasteiger partial charge in [0.25, 0.3) is 0 Å². The number of rotatable bonds is 6. The number of carbonyl (C=O) groups excluding carboxylic acids is 3. The molecule has 2 aliphatic rings. The fourth-order valence-electron chi connectivity index (χ4n) is 5.18. The average Bonchev–Trinajstić information content (AvgIpc) is 3.08. The van der Waals surface area contributed by atoms with Gasteiger partial charge >= 0.3 is 13.2 Å². The zero-order valence-corrected chi connectivity index (χ0v) is 20.5. The Morgan fingerprint density at radius 2 is 1.75 bits per heavy atom. The molecule has 1 saturated carbocycles. The SMILES string of the molecule is CC(=O)NC1(C(=O)NC(C)(C)C)CC2CN(C(=O)OC(C)(C)C)CC2C1CCCB(O)O. The van der Waals surface area contributed by atoms with Crippen molar-refractivity contribution in [1.29, 1.82) is 0 Å². The van der Waals surface area contributed by atoms with E-state index in [1.807, 2.05) is 41.5 Å². The molecule has 1 aliphatic carbocycles. The lowest BCUT2D eigenvalue weighted by Gasteiger charge is -2.39. The molecular formula is C22H40BN3O6. The number of nitrogens with zero attached hydrogens (tertiary/aromatic N) is 1. The second-order valence-corrected chi connectivity index (χ2v) is 11.4. The van der Waals surface area contributed by atoms with Crippen LogP contribution in [0.25, 0.3) is 0 Å². The Hall–Kier alpha value is -1.81. The standard InChI is InChI=1S/C22H40BN3O6/c1-14(27)24-22(18(28)25-20(2,3)4)11-15-12-26(19(29)32-21(5,6)7)13-16(15)17(22)9-8-10-23(30)31/h15-17,30-31H,8-13H2,1-7H3,(H,24,27)(H,25,28). The van der Waals surface area contributed by atoms with Crippen molar-refractivity contribution in [3.05, 3.63) is 0 Å². The van der Waals surface area contributed by atoms with E-state index in [0.29, 0.717) is 32.4 Å². The van der Waals surface area contributed by atoms with Gasteiger partial charge in [0.15, 0.2) is 0 Å². The summed E-state index contributed by atoms with van der Waals surface area (Å²) in [5.41, 5.74) is -2.18. The molecule has 0 spiro atoms. The lowest BCUT2D eigenvalue weighted by atomic mass is 9.75. The molecule has 32 heavy (non-hydrogen) atoms. The Bertz CT molecular complexity index is 717. The first-order chi connectivity index (χ1) is 14.5. The minimum atomic E-state index is -1.42. The summed E-state index contributed by atoms with van der Waals surface area (Å²) < 4.78 is 5.54. The first-order valence-corrected chi connectivity index (χ1v) is 11.5. The molecule has 1 saturated heterocycles. The highest BCUT2D eigenvalue weighted by Crippen LogP contribution is 2.51. The molecular weight excluding hydrogens is 413 g/mol. The molecule has 2 rings (SSSR count). The van der Waals surface area contributed by atoms with Gasteiger partial charge in [0.1, 0.15) is 11.1 Å². The molecule has 3 amide bonds. The van der Waals surface area contributed by atoms with E-state index in [0.717, 1.165) is 0 Å². The van der Waals surface area contributed by atoms with Crippen LogP contribution in [-0.4, -0.2) is 69.7 Å². The third-order valence-electron chi connectivity index (χ3n) is 6.15. The minimum Gasteiger partial charge on any atom is -0.444 e. The van der Waals surface area contributed by atoms with Crippen LogP contribution in [0.1, 0.15) is 67.7 Å². The summed E-state index contributed by atoms with van der Waals surface area (Å²) in [5.74, 6) is -0.733. The van der Waals surface area contributed by atoms with E-state index in [4.69, 9.17) is 4.74 Å². The molecule has 1 aliphatic heterocycles. The maximum absolute atomic E-state index is 13.5. The predicted octanol–water partition coefficient (Wildman–Crippen LogP) is 1.53. The van der Waals surface area contributed by atoms with Gasteiger partial charge in [-0.2, -0.15) is 0 Å². The van der Waals surface area contributed by atoms with Gasteiger partial charge in [-0.15, -0.1) is 0 Å². The number of fused-ring (bicyclic) bond motifs is 1. The number of amides is 3. The molecule has 4 N–H and O–H groups in total. The largest absolute Gasteiger partial charge is 0.451 e. The second-order valence-electron chi connectivity index (χ2n) is 11.4. The first-order valence-electron chi connectivity index (χ1n) is 11.5. The van der Waals surface area contributed by atoms with Crippen molar-refractivity contribution in [1.82, 2.24) is 15.5 Å². The topological polar surface area (TPSA) is 128 Å². The lowest BCUT2D eigenvalue weighted by Crippen LogP contribution is -2.64. The first kappa shape index (κ1) is 26.4. The fourth-order valence-corrected chi connectivity index (χ4v) is 5.18. The van der Waals surface area contributed by atoms with Gasteiger partial charge in [-0.25, -0.2) is 4.79 Å². The van der Waals surface area contributed by atoms with Crippen molar-refractivity contribution in [2.45, 2.75) is 90.7 Å². The molecule has 0 radical (unpaired) electrons. The highest BCUT2D eigenvalue weighted by Gasteiger charge is 2.61. The Kier molecular flexibility index (Phi) is 7.93. The molecule has 1 heterocycles. The number of nitrogens with one attached hydrogen (secondary N) is 2. The molecule has 0 aromatic carbocycles. The molecule has 0 aromatic rings. The Morgan fingerprint density at radius 1 is 1.12 bits per heavy atom. The van der Waals surface area contributed by atoms with Crippen LogP contribution < -0.4 is 10.6 Å². The normalized spacial score (nSPS) is 27.7. The summed E-state index contributed by atoms with van der Waals surface area (Å²) in [7, 11) is -1.42. The van der Waals surface area contributed by atoms with Crippen molar-refractivity contribution < 1.29 is 29.2 Å². The summed E-state index contributed by atoms with van der Waals surface area (Å²) >= 11 is 0. The average molecular weight is 453 g/mol. The van der Waals surface area contributed by atoms with Gasteiger partial charge in [-0.05, 0) is 78.5 Å². The number of ether oxygens (including phenoxy) is 1. The van der Waals surface area contributed by atoms with Gasteiger partial charge in [0, 0.05) is 25.6 Å². The summed E-state index contributed by atoms with van der Waals surface area (Å²) in [4.78, 5) is 40.1. The molecule has 4 atom stereocenters. The quantitative estimate of drug-likeness (QED) is 0.452. The molecule has 4 unspecified atom stereocenters. The number of likely N-dealkylation sites (tertiary alicyclic amines) is 1. The van der Waals surface area contributed by atoms with Crippen molar-refractivity contribution in [3.63, 3.8) is 0 Å². The van der Waals surface area contributed by atoms with Crippen molar-refractivity contribution in [3.8, 4) is 0 Å². The predicted molar refractivity (Wildman–Crippen MR) is 122 cm³/mol. The zero-order valence-electron chi connectivity index (χ0n) is 20.5. The van der Waals surface area contributed by atoms with Crippen LogP contribution in [0.3, 0.4) is 0 Å². The van der Waals surface area contributed by atoms with Crippen LogP contribution in [0.5, 0.6) is 0 Å². The molecule has 0 aromatic heterocycles. The van der Waals surface area contributed by atoms with Crippen molar-refractivity contribution in [2.75, 3.05) is 13.1 Å². The summed E-state index contributed by atoms with van der Waals surface area (Å²) in [6.07, 6.45) is 1.24. The zero-order chi connectivity index (χ0) is 24.5. The van der Waals surface area contributed by atoms with Crippen molar-refractivity contribution in [2.24, 2.45) is 17.8 Å². The highest BCUT2D eigenvalue weighted by atomic mass is 16.6. The van der Waals surface area contributed by atoms with Gasteiger partial charge in [-0.1, -0.05) is 6.42 Å². The van der Waals surface area contributed by atoms with E-state index in [9.17, 15) is 24.4 Å². The second kappa shape index (κ2) is 9.59. The number of hydrogen-bond donors (Lipinski definition) is 4. The molecule has 182 valence electrons. The van der Waals surface area contributed by atoms with Crippen LogP contribution in [-0.2, 0) is 14.3 Å². The van der Waals surface area contributed by atoms with E-state index in [1.165, 1.54) is 6.92 Å². The summed E-state index contributed by atoms with van der Waals surface area (Å²) in [6, 6.07) is 0. The van der Waals surface area contributed by atoms with Crippen LogP contribution in [0, 0.1) is 17.8 Å². The smallest absolute Gasteiger partial charge is 0.444 e. The van der Waals surface area contributed by atoms with Crippen LogP contribution >= 0.6 is 0 Å². The molecule has 0 bridgehead atoms. The number of carbonyl (C=O) groups is 3. The maximum Gasteiger partial charge on any atom is 0.451 e. The van der Waals surface area contributed by atoms with Crippen LogP contribution in [0.4, 0.5) is 4.79 Å². The molecule has 2 fully saturated rings. The fraction of sp³-hybridized carbons (Fsp3) is 0.864. The molecule has 10 heteroatoms. The van der Waals surface area contributed by atoms with Gasteiger partial charge in [-0.3, -0.25) is 9.59 Å². The van der Waals surface area contributed by atoms with Gasteiger partial charge < -0.3 is 30.3 Å². The highest BCUT2D eigenvalue weighted by molar-refractivity contribution is 6.40. The third kappa shape index (κ3) is 6.60. The lowest BCUT2D eigenvalue weighted by molar-refractivity contribution is -0.136. The van der Waals surface area contributed by atoms with Gasteiger partial charge in [0.2, 0.25) is 11.8 Å².